The summed E-state index contributed by atoms with van der Waals surface area (Å²) in [6, 6.07) is 16.0. The van der Waals surface area contributed by atoms with Crippen molar-refractivity contribution in [3.63, 3.8) is 0 Å². The molecule has 146 valence electrons. The number of allylic oxidation sites excluding steroid dienone is 1. The van der Waals surface area contributed by atoms with Crippen LogP contribution in [0.2, 0.25) is 0 Å². The van der Waals surface area contributed by atoms with Gasteiger partial charge in [0.1, 0.15) is 18.2 Å². The average molecular weight is 377 g/mol. The molecule has 1 aromatic heterocycles. The van der Waals surface area contributed by atoms with Crippen LogP contribution in [0, 0.1) is 0 Å². The van der Waals surface area contributed by atoms with Crippen LogP contribution in [0.15, 0.2) is 61.2 Å². The van der Waals surface area contributed by atoms with Crippen LogP contribution >= 0.6 is 0 Å². The Bertz CT molecular complexity index is 946. The van der Waals surface area contributed by atoms with E-state index < -0.39 is 0 Å². The Balaban J connectivity index is 1.73. The number of nitrogens with zero attached hydrogens (tertiary/aromatic N) is 2. The molecule has 0 radical (unpaired) electrons. The lowest BCUT2D eigenvalue weighted by Crippen LogP contribution is -2.24. The molecule has 0 bridgehead atoms. The molecule has 28 heavy (non-hydrogen) atoms. The van der Waals surface area contributed by atoms with E-state index >= 15 is 0 Å². The molecule has 0 aliphatic heterocycles. The molecule has 0 unspecified atom stereocenters. The molecule has 0 saturated carbocycles. The lowest BCUT2D eigenvalue weighted by Gasteiger charge is -2.13. The van der Waals surface area contributed by atoms with Gasteiger partial charge in [-0.05, 0) is 36.6 Å². The van der Waals surface area contributed by atoms with Gasteiger partial charge >= 0.3 is 0 Å². The second kappa shape index (κ2) is 9.74. The van der Waals surface area contributed by atoms with Gasteiger partial charge in [0, 0.05) is 6.42 Å². The highest BCUT2D eigenvalue weighted by Gasteiger charge is 2.12. The number of hydrogen-bond donors (Lipinski definition) is 1. The van der Waals surface area contributed by atoms with Crippen LogP contribution in [0.1, 0.15) is 31.2 Å². The minimum Gasteiger partial charge on any atom is -0.491 e. The number of rotatable bonds is 10. The Labute approximate surface area is 166 Å². The number of ether oxygens (including phenoxy) is 1. The van der Waals surface area contributed by atoms with Crippen molar-refractivity contribution in [2.75, 3.05) is 6.61 Å². The van der Waals surface area contributed by atoms with Gasteiger partial charge in [-0.2, -0.15) is 0 Å². The van der Waals surface area contributed by atoms with E-state index in [1.54, 1.807) is 0 Å². The molecule has 2 aromatic carbocycles. The molecule has 1 N–H and O–H groups in total. The normalized spacial score (nSPS) is 10.8. The van der Waals surface area contributed by atoms with E-state index in [1.165, 1.54) is 0 Å². The fraction of sp³-hybridized carbons (Fsp3) is 0.304. The topological polar surface area (TPSA) is 56.1 Å². The van der Waals surface area contributed by atoms with Crippen molar-refractivity contribution in [2.24, 2.45) is 0 Å². The van der Waals surface area contributed by atoms with E-state index in [2.05, 4.69) is 22.5 Å². The first-order valence-electron chi connectivity index (χ1n) is 9.75. The maximum absolute atomic E-state index is 11.9. The lowest BCUT2D eigenvalue weighted by atomic mass is 10.1. The smallest absolute Gasteiger partial charge is 0.220 e. The van der Waals surface area contributed by atoms with E-state index in [4.69, 9.17) is 9.72 Å². The molecule has 0 fully saturated rings. The number of benzene rings is 2. The average Bonchev–Trinajstić information content (AvgIpc) is 3.06. The van der Waals surface area contributed by atoms with Crippen molar-refractivity contribution in [2.45, 2.75) is 39.3 Å². The molecular formula is C23H27N3O2. The SMILES string of the molecule is C=CCc1ccccc1OCCn1c(CNC(=O)CCC)nc2ccccc21. The van der Waals surface area contributed by atoms with Crippen molar-refractivity contribution < 1.29 is 9.53 Å². The monoisotopic (exact) mass is 377 g/mol. The number of nitrogens with one attached hydrogen (secondary N) is 1. The Morgan fingerprint density at radius 2 is 2.00 bits per heavy atom. The zero-order chi connectivity index (χ0) is 19.8. The number of amides is 1. The Hall–Kier alpha value is -3.08. The Kier molecular flexibility index (Phi) is 6.84. The summed E-state index contributed by atoms with van der Waals surface area (Å²) < 4.78 is 8.17. The van der Waals surface area contributed by atoms with Crippen molar-refractivity contribution in [1.82, 2.24) is 14.9 Å². The molecule has 1 heterocycles. The van der Waals surface area contributed by atoms with Crippen molar-refractivity contribution in [3.05, 3.63) is 72.6 Å². The van der Waals surface area contributed by atoms with E-state index in [0.29, 0.717) is 26.1 Å². The van der Waals surface area contributed by atoms with E-state index in [-0.39, 0.29) is 5.91 Å². The number of carbonyl (C=O) groups is 1. The molecule has 0 saturated heterocycles. The van der Waals surface area contributed by atoms with Gasteiger partial charge in [0.25, 0.3) is 0 Å². The third-order valence-corrected chi connectivity index (χ3v) is 4.56. The molecule has 5 nitrogen and oxygen atoms in total. The second-order valence-corrected chi connectivity index (χ2v) is 6.64. The number of fused-ring (bicyclic) bond motifs is 1. The van der Waals surface area contributed by atoms with Gasteiger partial charge in [-0.15, -0.1) is 6.58 Å². The van der Waals surface area contributed by atoms with Gasteiger partial charge in [0.2, 0.25) is 5.91 Å². The summed E-state index contributed by atoms with van der Waals surface area (Å²) in [6.07, 6.45) is 4.02. The van der Waals surface area contributed by atoms with E-state index in [9.17, 15) is 4.79 Å². The first-order valence-corrected chi connectivity index (χ1v) is 9.75. The van der Waals surface area contributed by atoms with Gasteiger partial charge in [0.05, 0.1) is 24.1 Å². The first-order chi connectivity index (χ1) is 13.7. The summed E-state index contributed by atoms with van der Waals surface area (Å²) in [5.74, 6) is 1.77. The van der Waals surface area contributed by atoms with Crippen molar-refractivity contribution >= 4 is 16.9 Å². The fourth-order valence-electron chi connectivity index (χ4n) is 3.22. The summed E-state index contributed by atoms with van der Waals surface area (Å²) in [7, 11) is 0. The number of aromatic nitrogens is 2. The van der Waals surface area contributed by atoms with E-state index in [1.807, 2.05) is 55.5 Å². The van der Waals surface area contributed by atoms with Crippen LogP contribution < -0.4 is 10.1 Å². The summed E-state index contributed by atoms with van der Waals surface area (Å²) in [4.78, 5) is 16.6. The molecular weight excluding hydrogens is 350 g/mol. The highest BCUT2D eigenvalue weighted by Crippen LogP contribution is 2.20. The number of carbonyl (C=O) groups excluding carboxylic acids is 1. The number of para-hydroxylation sites is 3. The molecule has 3 aromatic rings. The number of hydrogen-bond acceptors (Lipinski definition) is 3. The van der Waals surface area contributed by atoms with Crippen LogP contribution in [-0.2, 0) is 24.3 Å². The number of imidazole rings is 1. The van der Waals surface area contributed by atoms with Crippen LogP contribution in [-0.4, -0.2) is 22.1 Å². The zero-order valence-corrected chi connectivity index (χ0v) is 16.4. The zero-order valence-electron chi connectivity index (χ0n) is 16.4. The van der Waals surface area contributed by atoms with Gasteiger partial charge in [-0.25, -0.2) is 4.98 Å². The molecule has 0 aliphatic rings. The third-order valence-electron chi connectivity index (χ3n) is 4.56. The lowest BCUT2D eigenvalue weighted by molar-refractivity contribution is -0.121. The minimum absolute atomic E-state index is 0.0516. The standard InChI is InChI=1S/C23H27N3O2/c1-3-9-18-11-5-8-14-21(18)28-16-15-26-20-13-7-6-12-19(20)25-22(26)17-24-23(27)10-4-2/h3,5-8,11-14H,1,4,9-10,15-17H2,2H3,(H,24,27). The fourth-order valence-corrected chi connectivity index (χ4v) is 3.22. The summed E-state index contributed by atoms with van der Waals surface area (Å²) in [5.41, 5.74) is 3.10. The maximum atomic E-state index is 11.9. The Morgan fingerprint density at radius 1 is 1.21 bits per heavy atom. The van der Waals surface area contributed by atoms with Gasteiger partial charge in [-0.3, -0.25) is 4.79 Å². The highest BCUT2D eigenvalue weighted by molar-refractivity contribution is 5.77. The highest BCUT2D eigenvalue weighted by atomic mass is 16.5. The molecule has 3 rings (SSSR count). The molecule has 5 heteroatoms. The molecule has 0 atom stereocenters. The maximum Gasteiger partial charge on any atom is 0.220 e. The summed E-state index contributed by atoms with van der Waals surface area (Å²) in [6.45, 7) is 7.40. The molecule has 0 spiro atoms. The first kappa shape index (κ1) is 19.7. The predicted molar refractivity (Wildman–Crippen MR) is 112 cm³/mol. The summed E-state index contributed by atoms with van der Waals surface area (Å²) >= 11 is 0. The van der Waals surface area contributed by atoms with E-state index in [0.717, 1.165) is 41.0 Å². The van der Waals surface area contributed by atoms with Crippen LogP contribution in [0.4, 0.5) is 0 Å². The summed E-state index contributed by atoms with van der Waals surface area (Å²) in [5, 5.41) is 2.96. The van der Waals surface area contributed by atoms with Gasteiger partial charge in [-0.1, -0.05) is 43.3 Å². The van der Waals surface area contributed by atoms with Crippen LogP contribution in [0.5, 0.6) is 5.75 Å². The molecule has 0 aliphatic carbocycles. The van der Waals surface area contributed by atoms with Crippen LogP contribution in [0.3, 0.4) is 0 Å². The second-order valence-electron chi connectivity index (χ2n) is 6.64. The predicted octanol–water partition coefficient (Wildman–Crippen LogP) is 4.26. The van der Waals surface area contributed by atoms with Gasteiger partial charge in [0.15, 0.2) is 0 Å². The van der Waals surface area contributed by atoms with Crippen molar-refractivity contribution in [3.8, 4) is 5.75 Å². The molecule has 1 amide bonds. The minimum atomic E-state index is 0.0516. The Morgan fingerprint density at radius 3 is 2.82 bits per heavy atom. The van der Waals surface area contributed by atoms with Crippen LogP contribution in [0.25, 0.3) is 11.0 Å². The largest absolute Gasteiger partial charge is 0.491 e. The van der Waals surface area contributed by atoms with Crippen molar-refractivity contribution in [1.29, 1.82) is 0 Å². The quantitative estimate of drug-likeness (QED) is 0.537. The van der Waals surface area contributed by atoms with Gasteiger partial charge < -0.3 is 14.6 Å². The third kappa shape index (κ3) is 4.80.